The smallest absolute Gasteiger partial charge is 0.236 e. The Hall–Kier alpha value is -2.90. The highest BCUT2D eigenvalue weighted by molar-refractivity contribution is 5.90. The summed E-state index contributed by atoms with van der Waals surface area (Å²) in [6, 6.07) is 4.87. The van der Waals surface area contributed by atoms with Crippen molar-refractivity contribution in [3.63, 3.8) is 0 Å². The van der Waals surface area contributed by atoms with E-state index >= 15 is 0 Å². The minimum atomic E-state index is -0.303. The molecule has 0 atom stereocenters. The first-order valence-electron chi connectivity index (χ1n) is 6.08. The number of amides is 1. The van der Waals surface area contributed by atoms with Gasteiger partial charge >= 0.3 is 0 Å². The van der Waals surface area contributed by atoms with Crippen molar-refractivity contribution in [3.05, 3.63) is 30.1 Å². The summed E-state index contributed by atoms with van der Waals surface area (Å²) >= 11 is 0. The van der Waals surface area contributed by atoms with Gasteiger partial charge in [-0.05, 0) is 12.1 Å². The predicted octanol–water partition coefficient (Wildman–Crippen LogP) is 0.652. The molecule has 0 saturated carbocycles. The molecule has 2 aromatic rings. The largest absolute Gasteiger partial charge is 0.481 e. The maximum atomic E-state index is 11.9. The quantitative estimate of drug-likeness (QED) is 0.831. The highest BCUT2D eigenvalue weighted by Gasteiger charge is 2.10. The summed E-state index contributed by atoms with van der Waals surface area (Å²) in [5, 5.41) is 2.56. The third kappa shape index (κ3) is 4.03. The van der Waals surface area contributed by atoms with Crippen LogP contribution >= 0.6 is 0 Å². The number of nitrogens with two attached hydrogens (primary N) is 1. The van der Waals surface area contributed by atoms with Crippen LogP contribution in [0.4, 0.5) is 11.6 Å². The Morgan fingerprint density at radius 1 is 1.24 bits per heavy atom. The number of rotatable bonds is 5. The first-order valence-corrected chi connectivity index (χ1v) is 6.08. The normalized spacial score (nSPS) is 10.0. The first kappa shape index (κ1) is 14.5. The van der Waals surface area contributed by atoms with Crippen LogP contribution in [0.3, 0.4) is 0 Å². The number of nitrogens with one attached hydrogen (secondary N) is 1. The minimum absolute atomic E-state index is 0.0865. The lowest BCUT2D eigenvalue weighted by Gasteiger charge is -2.07. The third-order valence-electron chi connectivity index (χ3n) is 2.54. The molecule has 0 saturated heterocycles. The second kappa shape index (κ2) is 6.51. The van der Waals surface area contributed by atoms with E-state index in [4.69, 9.17) is 15.2 Å². The molecule has 0 aliphatic rings. The van der Waals surface area contributed by atoms with Crippen LogP contribution in [-0.4, -0.2) is 35.1 Å². The van der Waals surface area contributed by atoms with Gasteiger partial charge in [-0.25, -0.2) is 0 Å². The molecule has 110 valence electrons. The van der Waals surface area contributed by atoms with E-state index in [2.05, 4.69) is 20.3 Å². The van der Waals surface area contributed by atoms with E-state index in [-0.39, 0.29) is 18.3 Å². The SMILES string of the molecule is COc1cc(OC)nc(NC(=O)Cc2ccc(N)cn2)n1. The maximum absolute atomic E-state index is 11.9. The van der Waals surface area contributed by atoms with E-state index < -0.39 is 0 Å². The highest BCUT2D eigenvalue weighted by Crippen LogP contribution is 2.17. The summed E-state index contributed by atoms with van der Waals surface area (Å²) in [5.74, 6) is 0.389. The van der Waals surface area contributed by atoms with Crippen LogP contribution in [0.1, 0.15) is 5.69 Å². The van der Waals surface area contributed by atoms with Crippen LogP contribution in [0.25, 0.3) is 0 Å². The lowest BCUT2D eigenvalue weighted by molar-refractivity contribution is -0.115. The molecule has 0 bridgehead atoms. The Labute approximate surface area is 121 Å². The summed E-state index contributed by atoms with van der Waals surface area (Å²) in [6.45, 7) is 0. The van der Waals surface area contributed by atoms with Gasteiger partial charge < -0.3 is 15.2 Å². The molecule has 0 radical (unpaired) electrons. The number of nitrogens with zero attached hydrogens (tertiary/aromatic N) is 3. The van der Waals surface area contributed by atoms with Crippen molar-refractivity contribution >= 4 is 17.5 Å². The Bertz CT molecular complexity index is 608. The average molecular weight is 289 g/mol. The Balaban J connectivity index is 2.06. The molecule has 2 rings (SSSR count). The van der Waals surface area contributed by atoms with Gasteiger partial charge in [-0.1, -0.05) is 0 Å². The average Bonchev–Trinajstić information content (AvgIpc) is 2.49. The van der Waals surface area contributed by atoms with Gasteiger partial charge in [-0.3, -0.25) is 15.1 Å². The van der Waals surface area contributed by atoms with E-state index in [0.717, 1.165) is 0 Å². The third-order valence-corrected chi connectivity index (χ3v) is 2.54. The number of methoxy groups -OCH3 is 2. The molecule has 0 fully saturated rings. The molecule has 0 unspecified atom stereocenters. The molecular formula is C13H15N5O3. The number of carbonyl (C=O) groups excluding carboxylic acids is 1. The molecule has 21 heavy (non-hydrogen) atoms. The number of hydrogen-bond donors (Lipinski definition) is 2. The van der Waals surface area contributed by atoms with E-state index in [1.807, 2.05) is 0 Å². The van der Waals surface area contributed by atoms with Crippen molar-refractivity contribution in [1.29, 1.82) is 0 Å². The van der Waals surface area contributed by atoms with Crippen molar-refractivity contribution in [3.8, 4) is 11.8 Å². The molecule has 2 heterocycles. The number of carbonyl (C=O) groups is 1. The molecule has 0 aliphatic heterocycles. The van der Waals surface area contributed by atoms with Gasteiger partial charge in [0.2, 0.25) is 23.6 Å². The molecule has 0 aromatic carbocycles. The summed E-state index contributed by atoms with van der Waals surface area (Å²) in [5.41, 5.74) is 6.67. The summed E-state index contributed by atoms with van der Waals surface area (Å²) in [7, 11) is 2.93. The van der Waals surface area contributed by atoms with Crippen molar-refractivity contribution in [2.45, 2.75) is 6.42 Å². The monoisotopic (exact) mass is 289 g/mol. The zero-order valence-corrected chi connectivity index (χ0v) is 11.7. The van der Waals surface area contributed by atoms with E-state index in [1.165, 1.54) is 26.5 Å². The molecular weight excluding hydrogens is 274 g/mol. The molecule has 8 nitrogen and oxygen atoms in total. The van der Waals surface area contributed by atoms with Crippen LogP contribution in [0.5, 0.6) is 11.8 Å². The van der Waals surface area contributed by atoms with Crippen LogP contribution in [0, 0.1) is 0 Å². The topological polar surface area (TPSA) is 112 Å². The fourth-order valence-electron chi connectivity index (χ4n) is 1.54. The van der Waals surface area contributed by atoms with Gasteiger partial charge in [0.05, 0.1) is 38.6 Å². The number of aromatic nitrogens is 3. The second-order valence-electron chi connectivity index (χ2n) is 4.08. The summed E-state index contributed by atoms with van der Waals surface area (Å²) < 4.78 is 10.0. The van der Waals surface area contributed by atoms with E-state index in [1.54, 1.807) is 12.1 Å². The molecule has 0 aliphatic carbocycles. The van der Waals surface area contributed by atoms with Gasteiger partial charge in [-0.2, -0.15) is 9.97 Å². The van der Waals surface area contributed by atoms with Crippen molar-refractivity contribution in [2.75, 3.05) is 25.3 Å². The molecule has 1 amide bonds. The maximum Gasteiger partial charge on any atom is 0.236 e. The zero-order valence-electron chi connectivity index (χ0n) is 11.7. The number of nitrogen functional groups attached to an aromatic ring is 1. The number of anilines is 2. The second-order valence-corrected chi connectivity index (χ2v) is 4.08. The van der Waals surface area contributed by atoms with Crippen molar-refractivity contribution < 1.29 is 14.3 Å². The van der Waals surface area contributed by atoms with Gasteiger partial charge in [0.25, 0.3) is 0 Å². The molecule has 3 N–H and O–H groups in total. The van der Waals surface area contributed by atoms with Crippen LogP contribution in [-0.2, 0) is 11.2 Å². The van der Waals surface area contributed by atoms with Crippen LogP contribution in [0.2, 0.25) is 0 Å². The zero-order chi connectivity index (χ0) is 15.2. The Morgan fingerprint density at radius 2 is 1.90 bits per heavy atom. The Morgan fingerprint density at radius 3 is 2.43 bits per heavy atom. The number of pyridine rings is 1. The van der Waals surface area contributed by atoms with E-state index in [9.17, 15) is 4.79 Å². The lowest BCUT2D eigenvalue weighted by atomic mass is 10.2. The fourth-order valence-corrected chi connectivity index (χ4v) is 1.54. The first-order chi connectivity index (χ1) is 10.1. The predicted molar refractivity (Wildman–Crippen MR) is 76.1 cm³/mol. The number of ether oxygens (including phenoxy) is 2. The van der Waals surface area contributed by atoms with Gasteiger partial charge in [0, 0.05) is 5.69 Å². The fraction of sp³-hybridized carbons (Fsp3) is 0.231. The lowest BCUT2D eigenvalue weighted by Crippen LogP contribution is -2.17. The summed E-state index contributed by atoms with van der Waals surface area (Å²) in [6.07, 6.45) is 1.58. The van der Waals surface area contributed by atoms with Gasteiger partial charge in [0.1, 0.15) is 0 Å². The molecule has 0 spiro atoms. The Kier molecular flexibility index (Phi) is 4.50. The highest BCUT2D eigenvalue weighted by atomic mass is 16.5. The minimum Gasteiger partial charge on any atom is -0.481 e. The van der Waals surface area contributed by atoms with Crippen molar-refractivity contribution in [2.24, 2.45) is 0 Å². The summed E-state index contributed by atoms with van der Waals surface area (Å²) in [4.78, 5) is 24.0. The number of hydrogen-bond acceptors (Lipinski definition) is 7. The molecule has 2 aromatic heterocycles. The van der Waals surface area contributed by atoms with Crippen LogP contribution < -0.4 is 20.5 Å². The van der Waals surface area contributed by atoms with Crippen LogP contribution in [0.15, 0.2) is 24.4 Å². The van der Waals surface area contributed by atoms with Gasteiger partial charge in [-0.15, -0.1) is 0 Å². The standard InChI is InChI=1S/C13H15N5O3/c1-20-11-6-12(21-2)18-13(17-11)16-10(19)5-9-4-3-8(14)7-15-9/h3-4,6-7H,5,14H2,1-2H3,(H,16,17,18,19). The van der Waals surface area contributed by atoms with Gasteiger partial charge in [0.15, 0.2) is 0 Å². The molecule has 8 heteroatoms. The van der Waals surface area contributed by atoms with Crippen molar-refractivity contribution in [1.82, 2.24) is 15.0 Å². The van der Waals surface area contributed by atoms with E-state index in [0.29, 0.717) is 23.1 Å².